The average Bonchev–Trinajstić information content (AvgIpc) is 1.87. The third-order valence-electron chi connectivity index (χ3n) is 0.303. The third-order valence-corrected chi connectivity index (χ3v) is 0.908. The molecule has 0 aliphatic carbocycles. The average molecular weight is 235 g/mol. The van der Waals surface area contributed by atoms with Crippen LogP contribution in [-0.2, 0) is 24.3 Å². The van der Waals surface area contributed by atoms with Crippen LogP contribution >= 0.6 is 0 Å². The summed E-state index contributed by atoms with van der Waals surface area (Å²) < 4.78 is 42.3. The van der Waals surface area contributed by atoms with Gasteiger partial charge in [-0.1, -0.05) is 13.8 Å². The fourth-order valence-corrected chi connectivity index (χ4v) is 0. The summed E-state index contributed by atoms with van der Waals surface area (Å²) in [5, 5.41) is 4.33. The van der Waals surface area contributed by atoms with Crippen molar-refractivity contribution in [1.82, 2.24) is 0 Å². The van der Waals surface area contributed by atoms with Gasteiger partial charge in [0.25, 0.3) is 10.1 Å². The summed E-state index contributed by atoms with van der Waals surface area (Å²) >= 11 is 0. The predicted octanol–water partition coefficient (Wildman–Crippen LogP) is -0.477. The molecule has 0 aliphatic rings. The first-order valence-electron chi connectivity index (χ1n) is 3.29. The highest BCUT2D eigenvalue weighted by atomic mass is 32.2. The lowest BCUT2D eigenvalue weighted by Crippen LogP contribution is -2.07. The molecule has 0 fully saturated rings. The molecule has 0 saturated heterocycles. The molecule has 8 heteroatoms. The third kappa shape index (κ3) is 143. The van der Waals surface area contributed by atoms with Crippen LogP contribution in [0.4, 0.5) is 0 Å². The quantitative estimate of drug-likeness (QED) is 0.618. The Hall–Kier alpha value is -0.180. The molecule has 0 spiro atoms. The number of sulfonamides is 1. The van der Waals surface area contributed by atoms with Gasteiger partial charge in [-0.2, -0.15) is 8.42 Å². The summed E-state index contributed by atoms with van der Waals surface area (Å²) in [7, 11) is -5.21. The molecule has 0 aromatic heterocycles. The molecule has 0 aliphatic heterocycles. The summed E-state index contributed by atoms with van der Waals surface area (Å²) in [6.07, 6.45) is 1.93. The smallest absolute Gasteiger partial charge is 0.264 e. The van der Waals surface area contributed by atoms with E-state index in [9.17, 15) is 16.8 Å². The van der Waals surface area contributed by atoms with Gasteiger partial charge in [0.2, 0.25) is 10.0 Å². The highest BCUT2D eigenvalue weighted by Gasteiger charge is 1.90. The highest BCUT2D eigenvalue weighted by molar-refractivity contribution is 7.88. The van der Waals surface area contributed by atoms with Gasteiger partial charge in [-0.25, -0.2) is 13.6 Å². The maximum absolute atomic E-state index is 9.78. The molecular weight excluding hydrogens is 218 g/mol. The molecule has 0 atom stereocenters. The summed E-state index contributed by atoms with van der Waals surface area (Å²) in [6, 6.07) is 0. The molecule has 0 heterocycles. The molecule has 84 valence electrons. The van der Waals surface area contributed by atoms with E-state index in [0.717, 1.165) is 19.6 Å². The zero-order chi connectivity index (χ0) is 11.7. The molecule has 0 radical (unpaired) electrons. The molecule has 0 amide bonds. The molecule has 0 bridgehead atoms. The Bertz CT molecular complexity index is 270. The Morgan fingerprint density at radius 3 is 1.08 bits per heavy atom. The van der Waals surface area contributed by atoms with Crippen molar-refractivity contribution in [3.63, 3.8) is 0 Å². The van der Waals surface area contributed by atoms with E-state index in [4.69, 9.17) is 0 Å². The normalized spacial score (nSPS) is 10.3. The van der Waals surface area contributed by atoms with Crippen molar-refractivity contribution < 1.29 is 21.0 Å². The van der Waals surface area contributed by atoms with E-state index in [2.05, 4.69) is 9.32 Å². The Morgan fingerprint density at radius 2 is 1.08 bits per heavy atom. The van der Waals surface area contributed by atoms with E-state index >= 15 is 0 Å². The summed E-state index contributed by atoms with van der Waals surface area (Å²) in [5.41, 5.74) is 0. The number of rotatable bonds is 1. The van der Waals surface area contributed by atoms with E-state index in [0.29, 0.717) is 0 Å². The maximum atomic E-state index is 9.78. The highest BCUT2D eigenvalue weighted by Crippen LogP contribution is 1.75. The molecule has 0 aromatic carbocycles. The van der Waals surface area contributed by atoms with Crippen LogP contribution in [0.3, 0.4) is 0 Å². The van der Waals surface area contributed by atoms with Gasteiger partial charge in [0.1, 0.15) is 0 Å². The van der Waals surface area contributed by atoms with Crippen LogP contribution < -0.4 is 5.14 Å². The largest absolute Gasteiger partial charge is 0.274 e. The van der Waals surface area contributed by atoms with Crippen LogP contribution in [0.1, 0.15) is 13.8 Å². The molecule has 0 unspecified atom stereocenters. The Kier molecular flexibility index (Phi) is 12.0. The van der Waals surface area contributed by atoms with Gasteiger partial charge in [0.05, 0.1) is 19.6 Å². The lowest BCUT2D eigenvalue weighted by Gasteiger charge is -1.84. The van der Waals surface area contributed by atoms with Crippen LogP contribution in [0.5, 0.6) is 0 Å². The minimum atomic E-state index is -3.17. The molecular formula is C5H17NO5S2. The van der Waals surface area contributed by atoms with Crippen molar-refractivity contribution in [3.05, 3.63) is 0 Å². The fourth-order valence-electron chi connectivity index (χ4n) is 0. The zero-order valence-electron chi connectivity index (χ0n) is 8.44. The second-order valence-corrected chi connectivity index (χ2v) is 5.10. The number of hydrogen-bond acceptors (Lipinski definition) is 5. The standard InChI is InChI=1S/C2H6O3S.C2H6.CH5NO2S/c1-5-6(2,3)4;1-2;1-5(2,3)4/h1-2H3;1-2H3;1H3,(H2,2,3,4). The number of nitrogens with two attached hydrogens (primary N) is 1. The molecule has 0 aromatic rings. The lowest BCUT2D eigenvalue weighted by molar-refractivity contribution is 0.403. The second kappa shape index (κ2) is 8.42. The Balaban J connectivity index is -0.000000131. The monoisotopic (exact) mass is 235 g/mol. The first-order chi connectivity index (χ1) is 5.56. The lowest BCUT2D eigenvalue weighted by atomic mass is 11.0. The topological polar surface area (TPSA) is 104 Å². The van der Waals surface area contributed by atoms with Crippen molar-refractivity contribution in [1.29, 1.82) is 0 Å². The second-order valence-electron chi connectivity index (χ2n) is 1.70. The van der Waals surface area contributed by atoms with Crippen molar-refractivity contribution >= 4 is 20.1 Å². The van der Waals surface area contributed by atoms with E-state index in [-0.39, 0.29) is 0 Å². The molecule has 2 N–H and O–H groups in total. The van der Waals surface area contributed by atoms with Crippen LogP contribution in [0.25, 0.3) is 0 Å². The number of hydrogen-bond donors (Lipinski definition) is 1. The minimum absolute atomic E-state index is 0.938. The molecule has 0 saturated carbocycles. The predicted molar refractivity (Wildman–Crippen MR) is 52.2 cm³/mol. The van der Waals surface area contributed by atoms with Crippen molar-refractivity contribution in [3.8, 4) is 0 Å². The van der Waals surface area contributed by atoms with Crippen LogP contribution in [0, 0.1) is 0 Å². The molecule has 6 nitrogen and oxygen atoms in total. The van der Waals surface area contributed by atoms with Crippen LogP contribution in [0.15, 0.2) is 0 Å². The maximum Gasteiger partial charge on any atom is 0.264 e. The molecule has 0 rings (SSSR count). The van der Waals surface area contributed by atoms with Crippen molar-refractivity contribution in [2.24, 2.45) is 5.14 Å². The van der Waals surface area contributed by atoms with E-state index in [1.807, 2.05) is 13.8 Å². The van der Waals surface area contributed by atoms with E-state index < -0.39 is 20.1 Å². The van der Waals surface area contributed by atoms with Crippen molar-refractivity contribution in [2.75, 3.05) is 19.6 Å². The van der Waals surface area contributed by atoms with Crippen molar-refractivity contribution in [2.45, 2.75) is 13.8 Å². The van der Waals surface area contributed by atoms with Gasteiger partial charge in [-0.05, 0) is 0 Å². The molecule has 13 heavy (non-hydrogen) atoms. The van der Waals surface area contributed by atoms with E-state index in [1.54, 1.807) is 0 Å². The first-order valence-corrected chi connectivity index (χ1v) is 7.06. The Morgan fingerprint density at radius 1 is 1.00 bits per heavy atom. The number of primary sulfonamides is 1. The van der Waals surface area contributed by atoms with Crippen LogP contribution in [-0.4, -0.2) is 36.5 Å². The van der Waals surface area contributed by atoms with Gasteiger partial charge in [0, 0.05) is 0 Å². The summed E-state index contributed by atoms with van der Waals surface area (Å²) in [6.45, 7) is 4.00. The summed E-state index contributed by atoms with van der Waals surface area (Å²) in [5.74, 6) is 0. The van der Waals surface area contributed by atoms with Gasteiger partial charge in [-0.3, -0.25) is 4.18 Å². The van der Waals surface area contributed by atoms with Crippen LogP contribution in [0.2, 0.25) is 0 Å². The fraction of sp³-hybridized carbons (Fsp3) is 1.00. The van der Waals surface area contributed by atoms with Gasteiger partial charge >= 0.3 is 0 Å². The van der Waals surface area contributed by atoms with Gasteiger partial charge in [0.15, 0.2) is 0 Å². The minimum Gasteiger partial charge on any atom is -0.274 e. The van der Waals surface area contributed by atoms with E-state index in [1.165, 1.54) is 0 Å². The summed E-state index contributed by atoms with van der Waals surface area (Å²) in [4.78, 5) is 0. The SMILES string of the molecule is CC.COS(C)(=O)=O.CS(N)(=O)=O. The zero-order valence-corrected chi connectivity index (χ0v) is 10.1. The van der Waals surface area contributed by atoms with Gasteiger partial charge in [-0.15, -0.1) is 0 Å². The first kappa shape index (κ1) is 18.6. The Labute approximate surface area is 80.3 Å². The van der Waals surface area contributed by atoms with Gasteiger partial charge < -0.3 is 0 Å².